The minimum absolute atomic E-state index is 0.227. The summed E-state index contributed by atoms with van der Waals surface area (Å²) in [5, 5.41) is 8.75. The van der Waals surface area contributed by atoms with Gasteiger partial charge in [0.25, 0.3) is 0 Å². The molecule has 2 heteroatoms. The molecule has 0 fully saturated rings. The molecule has 2 nitrogen and oxygen atoms in total. The summed E-state index contributed by atoms with van der Waals surface area (Å²) in [5.74, 6) is 0.454. The second-order valence-electron chi connectivity index (χ2n) is 3.46. The maximum absolute atomic E-state index is 8.75. The molecule has 1 N–H and O–H groups in total. The lowest BCUT2D eigenvalue weighted by atomic mass is 9.80. The Morgan fingerprint density at radius 2 is 1.64 bits per heavy atom. The third-order valence-electron chi connectivity index (χ3n) is 2.28. The first-order valence-electron chi connectivity index (χ1n) is 3.97. The summed E-state index contributed by atoms with van der Waals surface area (Å²) in [6.07, 6.45) is 1.67. The average Bonchev–Trinajstić information content (AvgIpc) is 1.90. The largest absolute Gasteiger partial charge is 0.251 e. The van der Waals surface area contributed by atoms with Crippen LogP contribution < -0.4 is 0 Å². The molecule has 0 spiro atoms. The summed E-state index contributed by atoms with van der Waals surface area (Å²) in [4.78, 5) is 4.49. The van der Waals surface area contributed by atoms with E-state index in [1.54, 1.807) is 6.08 Å². The normalized spacial score (nSPS) is 12.6. The number of rotatable bonds is 4. The maximum atomic E-state index is 8.75. The van der Waals surface area contributed by atoms with Crippen molar-refractivity contribution in [2.24, 2.45) is 11.8 Å². The first-order chi connectivity index (χ1) is 5.01. The minimum Gasteiger partial charge on any atom is -0.251 e. The van der Waals surface area contributed by atoms with E-state index < -0.39 is 5.60 Å². The third kappa shape index (κ3) is 1.82. The molecule has 0 unspecified atom stereocenters. The van der Waals surface area contributed by atoms with E-state index in [0.29, 0.717) is 0 Å². The lowest BCUT2D eigenvalue weighted by Crippen LogP contribution is -2.40. The second-order valence-corrected chi connectivity index (χ2v) is 3.46. The van der Waals surface area contributed by atoms with Crippen molar-refractivity contribution in [1.29, 1.82) is 0 Å². The standard InChI is InChI=1S/C9H18O2/c1-6-9(11-10,7(2)3)8(4)5/h6-8,10H,1H2,2-5H3. The Bertz CT molecular complexity index is 120. The second kappa shape index (κ2) is 3.88. The van der Waals surface area contributed by atoms with Crippen LogP contribution in [0.4, 0.5) is 0 Å². The number of hydrogen-bond acceptors (Lipinski definition) is 2. The first-order valence-corrected chi connectivity index (χ1v) is 3.97. The fourth-order valence-corrected chi connectivity index (χ4v) is 1.39. The van der Waals surface area contributed by atoms with Crippen LogP contribution in [-0.4, -0.2) is 10.9 Å². The van der Waals surface area contributed by atoms with Gasteiger partial charge < -0.3 is 0 Å². The zero-order valence-corrected chi connectivity index (χ0v) is 7.79. The lowest BCUT2D eigenvalue weighted by molar-refractivity contribution is -0.330. The molecule has 0 aliphatic heterocycles. The molecule has 0 aromatic carbocycles. The van der Waals surface area contributed by atoms with Crippen LogP contribution in [0.1, 0.15) is 27.7 Å². The van der Waals surface area contributed by atoms with Crippen molar-refractivity contribution in [3.8, 4) is 0 Å². The Morgan fingerprint density at radius 1 is 1.27 bits per heavy atom. The van der Waals surface area contributed by atoms with Gasteiger partial charge in [-0.3, -0.25) is 5.26 Å². The van der Waals surface area contributed by atoms with Gasteiger partial charge in [0, 0.05) is 0 Å². The minimum atomic E-state index is -0.597. The van der Waals surface area contributed by atoms with Crippen LogP contribution in [0.5, 0.6) is 0 Å². The van der Waals surface area contributed by atoms with Crippen molar-refractivity contribution in [2.75, 3.05) is 0 Å². The Labute approximate surface area is 68.8 Å². The first kappa shape index (κ1) is 10.7. The van der Waals surface area contributed by atoms with Gasteiger partial charge in [0.1, 0.15) is 5.60 Å². The third-order valence-corrected chi connectivity index (χ3v) is 2.28. The van der Waals surface area contributed by atoms with Crippen LogP contribution >= 0.6 is 0 Å². The van der Waals surface area contributed by atoms with E-state index in [1.165, 1.54) is 0 Å². The van der Waals surface area contributed by atoms with Crippen LogP contribution in [-0.2, 0) is 4.89 Å². The van der Waals surface area contributed by atoms with Crippen molar-refractivity contribution in [1.82, 2.24) is 0 Å². The quantitative estimate of drug-likeness (QED) is 0.387. The summed E-state index contributed by atoms with van der Waals surface area (Å²) in [6, 6.07) is 0. The zero-order valence-electron chi connectivity index (χ0n) is 7.79. The smallest absolute Gasteiger partial charge is 0.126 e. The van der Waals surface area contributed by atoms with Crippen LogP contribution in [0.3, 0.4) is 0 Å². The molecule has 0 amide bonds. The highest BCUT2D eigenvalue weighted by molar-refractivity contribution is 5.01. The van der Waals surface area contributed by atoms with E-state index in [0.717, 1.165) is 0 Å². The van der Waals surface area contributed by atoms with Crippen molar-refractivity contribution < 1.29 is 10.1 Å². The average molecular weight is 158 g/mol. The summed E-state index contributed by atoms with van der Waals surface area (Å²) < 4.78 is 0. The fraction of sp³-hybridized carbons (Fsp3) is 0.778. The summed E-state index contributed by atoms with van der Waals surface area (Å²) in [5.41, 5.74) is -0.597. The monoisotopic (exact) mass is 158 g/mol. The highest BCUT2D eigenvalue weighted by Gasteiger charge is 2.35. The van der Waals surface area contributed by atoms with Gasteiger partial charge in [-0.15, -0.1) is 6.58 Å². The van der Waals surface area contributed by atoms with Gasteiger partial charge in [-0.05, 0) is 11.8 Å². The molecule has 0 heterocycles. The predicted octanol–water partition coefficient (Wildman–Crippen LogP) is 2.71. The van der Waals surface area contributed by atoms with Gasteiger partial charge in [0.15, 0.2) is 0 Å². The summed E-state index contributed by atoms with van der Waals surface area (Å²) in [6.45, 7) is 11.7. The highest BCUT2D eigenvalue weighted by Crippen LogP contribution is 2.30. The van der Waals surface area contributed by atoms with Gasteiger partial charge in [0.05, 0.1) is 0 Å². The predicted molar refractivity (Wildman–Crippen MR) is 46.3 cm³/mol. The molecular formula is C9H18O2. The van der Waals surface area contributed by atoms with Crippen LogP contribution in [0.15, 0.2) is 12.7 Å². The fourth-order valence-electron chi connectivity index (χ4n) is 1.39. The molecule has 66 valence electrons. The molecule has 0 aliphatic carbocycles. The molecule has 0 atom stereocenters. The van der Waals surface area contributed by atoms with E-state index in [1.807, 2.05) is 27.7 Å². The molecule has 0 saturated carbocycles. The molecule has 0 rings (SSSR count). The van der Waals surface area contributed by atoms with E-state index >= 15 is 0 Å². The number of hydrogen-bond donors (Lipinski definition) is 1. The Morgan fingerprint density at radius 3 is 1.64 bits per heavy atom. The van der Waals surface area contributed by atoms with Gasteiger partial charge in [-0.1, -0.05) is 33.8 Å². The molecule has 0 saturated heterocycles. The maximum Gasteiger partial charge on any atom is 0.126 e. The Kier molecular flexibility index (Phi) is 3.76. The Balaban J connectivity index is 4.60. The van der Waals surface area contributed by atoms with Gasteiger partial charge in [-0.25, -0.2) is 4.89 Å². The summed E-state index contributed by atoms with van der Waals surface area (Å²) >= 11 is 0. The van der Waals surface area contributed by atoms with E-state index in [4.69, 9.17) is 5.26 Å². The molecule has 11 heavy (non-hydrogen) atoms. The van der Waals surface area contributed by atoms with E-state index in [-0.39, 0.29) is 11.8 Å². The van der Waals surface area contributed by atoms with Crippen molar-refractivity contribution in [3.05, 3.63) is 12.7 Å². The Hall–Kier alpha value is -0.340. The van der Waals surface area contributed by atoms with E-state index in [2.05, 4.69) is 11.5 Å². The topological polar surface area (TPSA) is 29.5 Å². The molecule has 0 aromatic rings. The molecule has 0 bridgehead atoms. The van der Waals surface area contributed by atoms with Crippen LogP contribution in [0.2, 0.25) is 0 Å². The van der Waals surface area contributed by atoms with E-state index in [9.17, 15) is 0 Å². The molecule has 0 aromatic heterocycles. The zero-order chi connectivity index (χ0) is 9.07. The highest BCUT2D eigenvalue weighted by atomic mass is 17.1. The summed E-state index contributed by atoms with van der Waals surface area (Å²) in [7, 11) is 0. The molecule has 0 aliphatic rings. The van der Waals surface area contributed by atoms with Crippen LogP contribution in [0, 0.1) is 11.8 Å². The SMILES string of the molecule is C=CC(OO)(C(C)C)C(C)C. The van der Waals surface area contributed by atoms with Crippen molar-refractivity contribution in [3.63, 3.8) is 0 Å². The van der Waals surface area contributed by atoms with Crippen molar-refractivity contribution >= 4 is 0 Å². The molecular weight excluding hydrogens is 140 g/mol. The van der Waals surface area contributed by atoms with Crippen LogP contribution in [0.25, 0.3) is 0 Å². The van der Waals surface area contributed by atoms with Gasteiger partial charge >= 0.3 is 0 Å². The van der Waals surface area contributed by atoms with Crippen molar-refractivity contribution in [2.45, 2.75) is 33.3 Å². The van der Waals surface area contributed by atoms with Gasteiger partial charge in [0.2, 0.25) is 0 Å². The lowest BCUT2D eigenvalue weighted by Gasteiger charge is -2.34. The molecule has 0 radical (unpaired) electrons. The van der Waals surface area contributed by atoms with Gasteiger partial charge in [-0.2, -0.15) is 0 Å².